The molecule has 9 heteroatoms. The molecule has 0 radical (unpaired) electrons. The summed E-state index contributed by atoms with van der Waals surface area (Å²) in [6, 6.07) is 5.50. The minimum absolute atomic E-state index is 0.0691. The van der Waals surface area contributed by atoms with Crippen molar-refractivity contribution in [3.63, 3.8) is 0 Å². The highest BCUT2D eigenvalue weighted by atomic mass is 16.5. The Morgan fingerprint density at radius 1 is 1.24 bits per heavy atom. The van der Waals surface area contributed by atoms with Crippen LogP contribution in [0.3, 0.4) is 0 Å². The molecule has 1 aliphatic rings. The van der Waals surface area contributed by atoms with Gasteiger partial charge in [0.15, 0.2) is 5.82 Å². The maximum absolute atomic E-state index is 12.6. The fourth-order valence-corrected chi connectivity index (χ4v) is 3.75. The fraction of sp³-hybridized carbons (Fsp3) is 0.450. The highest BCUT2D eigenvalue weighted by Gasteiger charge is 2.41. The zero-order valence-electron chi connectivity index (χ0n) is 16.4. The number of ether oxygens (including phenoxy) is 1. The van der Waals surface area contributed by atoms with Crippen LogP contribution < -0.4 is 0 Å². The van der Waals surface area contributed by atoms with E-state index >= 15 is 0 Å². The van der Waals surface area contributed by atoms with Crippen LogP contribution in [0.5, 0.6) is 0 Å². The average Bonchev–Trinajstić information content (AvgIpc) is 3.46. The highest BCUT2D eigenvalue weighted by molar-refractivity contribution is 5.76. The van der Waals surface area contributed by atoms with E-state index in [1.807, 2.05) is 23.1 Å². The Labute approximate surface area is 168 Å². The number of rotatable bonds is 7. The summed E-state index contributed by atoms with van der Waals surface area (Å²) in [7, 11) is 1.69. The first-order valence-electron chi connectivity index (χ1n) is 9.69. The van der Waals surface area contributed by atoms with Gasteiger partial charge in [0, 0.05) is 62.6 Å². The van der Waals surface area contributed by atoms with Crippen molar-refractivity contribution in [2.24, 2.45) is 0 Å². The number of carbonyl (C=O) groups is 1. The number of methoxy groups -OCH3 is 1. The van der Waals surface area contributed by atoms with Gasteiger partial charge in [-0.3, -0.25) is 14.5 Å². The van der Waals surface area contributed by atoms with Crippen LogP contribution in [0.15, 0.2) is 47.5 Å². The van der Waals surface area contributed by atoms with Crippen molar-refractivity contribution in [2.75, 3.05) is 26.8 Å². The molecule has 0 atom stereocenters. The topological polar surface area (TPSA) is 99.2 Å². The Balaban J connectivity index is 1.48. The van der Waals surface area contributed by atoms with Crippen LogP contribution in [0.1, 0.15) is 25.1 Å². The van der Waals surface area contributed by atoms with Crippen LogP contribution in [0.4, 0.5) is 0 Å². The van der Waals surface area contributed by atoms with Gasteiger partial charge in [0.2, 0.25) is 5.91 Å². The molecule has 4 rings (SSSR count). The first kappa shape index (κ1) is 19.3. The molecule has 0 saturated carbocycles. The van der Waals surface area contributed by atoms with Gasteiger partial charge in [-0.05, 0) is 37.5 Å². The summed E-state index contributed by atoms with van der Waals surface area (Å²) >= 11 is 0. The zero-order chi connectivity index (χ0) is 20.1. The van der Waals surface area contributed by atoms with Gasteiger partial charge in [-0.15, -0.1) is 0 Å². The second kappa shape index (κ2) is 8.52. The van der Waals surface area contributed by atoms with Gasteiger partial charge >= 0.3 is 0 Å². The quantitative estimate of drug-likeness (QED) is 0.602. The van der Waals surface area contributed by atoms with E-state index in [0.717, 1.165) is 24.8 Å². The molecule has 1 saturated heterocycles. The van der Waals surface area contributed by atoms with Crippen LogP contribution in [0.25, 0.3) is 11.5 Å². The van der Waals surface area contributed by atoms with E-state index in [1.54, 1.807) is 36.6 Å². The van der Waals surface area contributed by atoms with Crippen molar-refractivity contribution >= 4 is 5.91 Å². The van der Waals surface area contributed by atoms with Crippen LogP contribution in [0, 0.1) is 0 Å². The molecule has 1 aliphatic heterocycles. The lowest BCUT2D eigenvalue weighted by molar-refractivity contribution is -0.133. The maximum Gasteiger partial charge on any atom is 0.258 e. The molecule has 0 aromatic carbocycles. The van der Waals surface area contributed by atoms with E-state index in [9.17, 15) is 4.79 Å². The summed E-state index contributed by atoms with van der Waals surface area (Å²) in [6.45, 7) is 2.14. The number of likely N-dealkylation sites (tertiary alicyclic amines) is 1. The fourth-order valence-electron chi connectivity index (χ4n) is 3.75. The van der Waals surface area contributed by atoms with Crippen LogP contribution >= 0.6 is 0 Å². The van der Waals surface area contributed by atoms with Crippen molar-refractivity contribution in [3.05, 3.63) is 48.8 Å². The Morgan fingerprint density at radius 2 is 2.03 bits per heavy atom. The zero-order valence-corrected chi connectivity index (χ0v) is 16.4. The molecule has 9 nitrogen and oxygen atoms in total. The molecule has 0 N–H and O–H groups in total. The van der Waals surface area contributed by atoms with Gasteiger partial charge in [0.1, 0.15) is 6.54 Å². The number of hydrogen-bond donors (Lipinski definition) is 0. The molecule has 4 heterocycles. The van der Waals surface area contributed by atoms with Gasteiger partial charge in [0.05, 0.1) is 0 Å². The van der Waals surface area contributed by atoms with Crippen LogP contribution in [0.2, 0.25) is 0 Å². The average molecular weight is 396 g/mol. The number of aromatic nitrogens is 5. The van der Waals surface area contributed by atoms with E-state index in [-0.39, 0.29) is 17.9 Å². The Morgan fingerprint density at radius 3 is 2.72 bits per heavy atom. The first-order valence-corrected chi connectivity index (χ1v) is 9.69. The second-order valence-electron chi connectivity index (χ2n) is 7.27. The normalized spacial score (nSPS) is 16.1. The summed E-state index contributed by atoms with van der Waals surface area (Å²) in [5.41, 5.74) is 0.570. The van der Waals surface area contributed by atoms with Crippen molar-refractivity contribution < 1.29 is 14.1 Å². The van der Waals surface area contributed by atoms with Gasteiger partial charge in [-0.2, -0.15) is 10.1 Å². The molecule has 0 unspecified atom stereocenters. The predicted octanol–water partition coefficient (Wildman–Crippen LogP) is 1.93. The maximum atomic E-state index is 12.6. The number of pyridine rings is 1. The lowest BCUT2D eigenvalue weighted by atomic mass is 9.75. The molecular formula is C20H24N6O3. The van der Waals surface area contributed by atoms with Gasteiger partial charge < -0.3 is 14.2 Å². The number of nitrogens with zero attached hydrogens (tertiary/aromatic N) is 6. The lowest BCUT2D eigenvalue weighted by Gasteiger charge is -2.39. The van der Waals surface area contributed by atoms with E-state index in [2.05, 4.69) is 20.2 Å². The Bertz CT molecular complexity index is 917. The largest absolute Gasteiger partial charge is 0.385 e. The van der Waals surface area contributed by atoms with Crippen LogP contribution in [-0.4, -0.2) is 62.5 Å². The number of piperidine rings is 1. The van der Waals surface area contributed by atoms with Crippen LogP contribution in [-0.2, 0) is 21.5 Å². The molecule has 1 fully saturated rings. The number of hydrogen-bond acceptors (Lipinski definition) is 7. The SMILES string of the molecule is COCCC1(c2noc(-c3ccncc3)n2)CCN(C(=O)Cn2cccn2)CC1. The van der Waals surface area contributed by atoms with E-state index < -0.39 is 0 Å². The smallest absolute Gasteiger partial charge is 0.258 e. The standard InChI is InChI=1S/C20H24N6O3/c1-28-14-7-20(19-23-18(29-24-19)16-3-9-21-10-4-16)5-12-25(13-6-20)17(27)15-26-11-2-8-22-26/h2-4,8-11H,5-7,12-15H2,1H3. The summed E-state index contributed by atoms with van der Waals surface area (Å²) in [5.74, 6) is 1.23. The number of amides is 1. The molecule has 0 spiro atoms. The van der Waals surface area contributed by atoms with E-state index in [1.165, 1.54) is 0 Å². The van der Waals surface area contributed by atoms with E-state index in [4.69, 9.17) is 9.26 Å². The molecule has 0 aliphatic carbocycles. The van der Waals surface area contributed by atoms with Crippen molar-refractivity contribution in [3.8, 4) is 11.5 Å². The van der Waals surface area contributed by atoms with E-state index in [0.29, 0.717) is 31.4 Å². The van der Waals surface area contributed by atoms with Gasteiger partial charge in [-0.25, -0.2) is 0 Å². The lowest BCUT2D eigenvalue weighted by Crippen LogP contribution is -2.47. The molecule has 3 aromatic rings. The van der Waals surface area contributed by atoms with Gasteiger partial charge in [-0.1, -0.05) is 5.16 Å². The molecule has 3 aromatic heterocycles. The third kappa shape index (κ3) is 4.19. The number of carbonyl (C=O) groups excluding carboxylic acids is 1. The minimum Gasteiger partial charge on any atom is -0.385 e. The summed E-state index contributed by atoms with van der Waals surface area (Å²) < 4.78 is 12.5. The van der Waals surface area contributed by atoms with Crippen molar-refractivity contribution in [1.29, 1.82) is 0 Å². The molecule has 29 heavy (non-hydrogen) atoms. The first-order chi connectivity index (χ1) is 14.2. The van der Waals surface area contributed by atoms with Crippen molar-refractivity contribution in [2.45, 2.75) is 31.2 Å². The monoisotopic (exact) mass is 396 g/mol. The summed E-state index contributed by atoms with van der Waals surface area (Å²) in [4.78, 5) is 23.2. The summed E-state index contributed by atoms with van der Waals surface area (Å²) in [6.07, 6.45) is 9.17. The Hall–Kier alpha value is -3.07. The minimum atomic E-state index is -0.271. The molecule has 0 bridgehead atoms. The summed E-state index contributed by atoms with van der Waals surface area (Å²) in [5, 5.41) is 8.41. The van der Waals surface area contributed by atoms with Crippen molar-refractivity contribution in [1.82, 2.24) is 29.8 Å². The van der Waals surface area contributed by atoms with Gasteiger partial charge in [0.25, 0.3) is 5.89 Å². The molecular weight excluding hydrogens is 372 g/mol. The Kier molecular flexibility index (Phi) is 5.66. The molecule has 152 valence electrons. The second-order valence-corrected chi connectivity index (χ2v) is 7.27. The molecule has 1 amide bonds. The highest BCUT2D eigenvalue weighted by Crippen LogP contribution is 2.38. The third-order valence-corrected chi connectivity index (χ3v) is 5.54. The predicted molar refractivity (Wildman–Crippen MR) is 104 cm³/mol. The third-order valence-electron chi connectivity index (χ3n) is 5.54.